The maximum atomic E-state index is 8.75. The van der Waals surface area contributed by atoms with Crippen molar-refractivity contribution in [3.63, 3.8) is 0 Å². The Morgan fingerprint density at radius 3 is 2.04 bits per heavy atom. The molecule has 23 heavy (non-hydrogen) atoms. The van der Waals surface area contributed by atoms with Crippen LogP contribution in [0.25, 0.3) is 0 Å². The molecule has 114 valence electrons. The van der Waals surface area contributed by atoms with Gasteiger partial charge in [0.05, 0.1) is 30.7 Å². The Hall–Kier alpha value is -3.11. The third-order valence-corrected chi connectivity index (χ3v) is 3.36. The molecule has 0 heterocycles. The van der Waals surface area contributed by atoms with Gasteiger partial charge in [0.15, 0.2) is 0 Å². The highest BCUT2D eigenvalue weighted by atomic mass is 15.1. The Balaban J connectivity index is 2.06. The molecule has 2 rings (SSSR count). The summed E-state index contributed by atoms with van der Waals surface area (Å²) in [6.07, 6.45) is 2.72. The Bertz CT molecular complexity index is 688. The van der Waals surface area contributed by atoms with Crippen molar-refractivity contribution in [2.45, 2.75) is 12.8 Å². The molecular weight excluding hydrogens is 284 g/mol. The fourth-order valence-electron chi connectivity index (χ4n) is 2.17. The van der Waals surface area contributed by atoms with Gasteiger partial charge >= 0.3 is 0 Å². The number of hydrogen-bond acceptors (Lipinski definition) is 4. The number of rotatable bonds is 7. The Labute approximate surface area is 136 Å². The molecule has 0 bridgehead atoms. The summed E-state index contributed by atoms with van der Waals surface area (Å²) in [5, 5.41) is 17.5. The van der Waals surface area contributed by atoms with Gasteiger partial charge in [-0.15, -0.1) is 0 Å². The van der Waals surface area contributed by atoms with Crippen LogP contribution in [0.5, 0.6) is 0 Å². The summed E-state index contributed by atoms with van der Waals surface area (Å²) < 4.78 is 0. The molecule has 0 saturated heterocycles. The molecule has 0 N–H and O–H groups in total. The van der Waals surface area contributed by atoms with Gasteiger partial charge in [0.2, 0.25) is 0 Å². The molecule has 0 aromatic heterocycles. The van der Waals surface area contributed by atoms with E-state index in [4.69, 9.17) is 10.5 Å². The minimum Gasteiger partial charge on any atom is -0.369 e. The Kier molecular flexibility index (Phi) is 6.38. The molecule has 2 aromatic carbocycles. The van der Waals surface area contributed by atoms with Gasteiger partial charge in [-0.1, -0.05) is 30.3 Å². The third-order valence-electron chi connectivity index (χ3n) is 3.36. The minimum atomic E-state index is 0.447. The van der Waals surface area contributed by atoms with Crippen LogP contribution in [0.2, 0.25) is 0 Å². The fourth-order valence-corrected chi connectivity index (χ4v) is 2.17. The van der Waals surface area contributed by atoms with Crippen molar-refractivity contribution in [1.82, 2.24) is 0 Å². The van der Waals surface area contributed by atoms with Crippen LogP contribution in [-0.2, 0) is 0 Å². The monoisotopic (exact) mass is 302 g/mol. The fraction of sp³-hybridized carbons (Fsp3) is 0.211. The number of nitriles is 2. The number of nitrogens with zero attached hydrogens (tertiary/aromatic N) is 4. The van der Waals surface area contributed by atoms with Crippen molar-refractivity contribution in [3.8, 4) is 12.1 Å². The summed E-state index contributed by atoms with van der Waals surface area (Å²) in [6, 6.07) is 22.1. The van der Waals surface area contributed by atoms with Crippen LogP contribution in [0, 0.1) is 22.7 Å². The van der Waals surface area contributed by atoms with Gasteiger partial charge in [0, 0.05) is 25.0 Å². The second-order valence-electron chi connectivity index (χ2n) is 4.99. The highest BCUT2D eigenvalue weighted by molar-refractivity contribution is 5.82. The van der Waals surface area contributed by atoms with E-state index < -0.39 is 0 Å². The number of para-hydroxylation sites is 1. The third kappa shape index (κ3) is 5.30. The largest absolute Gasteiger partial charge is 0.369 e. The molecule has 0 aliphatic rings. The van der Waals surface area contributed by atoms with Gasteiger partial charge < -0.3 is 4.90 Å². The first-order valence-corrected chi connectivity index (χ1v) is 7.51. The van der Waals surface area contributed by atoms with E-state index in [1.165, 1.54) is 0 Å². The zero-order valence-corrected chi connectivity index (χ0v) is 12.9. The Morgan fingerprint density at radius 2 is 1.48 bits per heavy atom. The number of aliphatic imine (C=N–C) groups is 1. The van der Waals surface area contributed by atoms with Crippen LogP contribution in [0.1, 0.15) is 18.4 Å². The molecular formula is C19H18N4. The van der Waals surface area contributed by atoms with E-state index in [9.17, 15) is 0 Å². The summed E-state index contributed by atoms with van der Waals surface area (Å²) in [7, 11) is 0. The Morgan fingerprint density at radius 1 is 0.870 bits per heavy atom. The molecule has 0 unspecified atom stereocenters. The summed E-state index contributed by atoms with van der Waals surface area (Å²) in [5.41, 5.74) is 2.95. The van der Waals surface area contributed by atoms with E-state index in [1.54, 1.807) is 0 Å². The van der Waals surface area contributed by atoms with Crippen LogP contribution in [0.4, 0.5) is 11.4 Å². The predicted molar refractivity (Wildman–Crippen MR) is 92.8 cm³/mol. The smallest absolute Gasteiger partial charge is 0.0640 e. The van der Waals surface area contributed by atoms with Crippen molar-refractivity contribution >= 4 is 17.6 Å². The second-order valence-corrected chi connectivity index (χ2v) is 4.99. The molecule has 4 nitrogen and oxygen atoms in total. The SMILES string of the molecule is N#CCCN(CCC#N)c1ccc(C=Nc2ccccc2)cc1. The number of anilines is 1. The topological polar surface area (TPSA) is 63.2 Å². The van der Waals surface area contributed by atoms with Gasteiger partial charge in [0.1, 0.15) is 0 Å². The standard InChI is InChI=1S/C19H18N4/c20-12-4-14-23(15-5-13-21)19-10-8-17(9-11-19)16-22-18-6-2-1-3-7-18/h1-3,6-11,16H,4-5,14-15H2. The lowest BCUT2D eigenvalue weighted by Crippen LogP contribution is -2.25. The van der Waals surface area contributed by atoms with Crippen molar-refractivity contribution in [1.29, 1.82) is 10.5 Å². The van der Waals surface area contributed by atoms with Crippen LogP contribution >= 0.6 is 0 Å². The molecule has 0 amide bonds. The zero-order valence-electron chi connectivity index (χ0n) is 12.9. The number of hydrogen-bond donors (Lipinski definition) is 0. The van der Waals surface area contributed by atoms with E-state index in [0.29, 0.717) is 25.9 Å². The van der Waals surface area contributed by atoms with Crippen LogP contribution in [0.15, 0.2) is 59.6 Å². The first-order valence-electron chi connectivity index (χ1n) is 7.51. The zero-order chi connectivity index (χ0) is 16.3. The van der Waals surface area contributed by atoms with E-state index in [1.807, 2.05) is 60.8 Å². The molecule has 4 heteroatoms. The minimum absolute atomic E-state index is 0.447. The summed E-state index contributed by atoms with van der Waals surface area (Å²) >= 11 is 0. The molecule has 0 aliphatic heterocycles. The lowest BCUT2D eigenvalue weighted by molar-refractivity contribution is 0.796. The first-order chi connectivity index (χ1) is 11.3. The van der Waals surface area contributed by atoms with E-state index in [2.05, 4.69) is 22.0 Å². The lowest BCUT2D eigenvalue weighted by atomic mass is 10.2. The quantitative estimate of drug-likeness (QED) is 0.724. The molecule has 0 saturated carbocycles. The van der Waals surface area contributed by atoms with Gasteiger partial charge in [-0.3, -0.25) is 4.99 Å². The molecule has 0 fully saturated rings. The maximum absolute atomic E-state index is 8.75. The van der Waals surface area contributed by atoms with Crippen molar-refractivity contribution in [2.75, 3.05) is 18.0 Å². The molecule has 0 atom stereocenters. The highest BCUT2D eigenvalue weighted by Crippen LogP contribution is 2.16. The predicted octanol–water partition coefficient (Wildman–Crippen LogP) is 4.07. The van der Waals surface area contributed by atoms with Gasteiger partial charge in [0.25, 0.3) is 0 Å². The molecule has 0 aliphatic carbocycles. The molecule has 2 aromatic rings. The average molecular weight is 302 g/mol. The maximum Gasteiger partial charge on any atom is 0.0640 e. The number of benzene rings is 2. The van der Waals surface area contributed by atoms with Crippen LogP contribution in [0.3, 0.4) is 0 Å². The highest BCUT2D eigenvalue weighted by Gasteiger charge is 2.05. The first kappa shape index (κ1) is 16.3. The van der Waals surface area contributed by atoms with E-state index >= 15 is 0 Å². The summed E-state index contributed by atoms with van der Waals surface area (Å²) in [6.45, 7) is 1.27. The van der Waals surface area contributed by atoms with Crippen molar-refractivity contribution < 1.29 is 0 Å². The van der Waals surface area contributed by atoms with Crippen molar-refractivity contribution in [2.24, 2.45) is 4.99 Å². The van der Waals surface area contributed by atoms with Crippen LogP contribution in [-0.4, -0.2) is 19.3 Å². The van der Waals surface area contributed by atoms with Gasteiger partial charge in [-0.05, 0) is 29.8 Å². The van der Waals surface area contributed by atoms with Crippen LogP contribution < -0.4 is 4.90 Å². The van der Waals surface area contributed by atoms with Gasteiger partial charge in [-0.2, -0.15) is 10.5 Å². The van der Waals surface area contributed by atoms with Gasteiger partial charge in [-0.25, -0.2) is 0 Å². The normalized spacial score (nSPS) is 10.2. The van der Waals surface area contributed by atoms with Crippen molar-refractivity contribution in [3.05, 3.63) is 60.2 Å². The second kappa shape index (κ2) is 9.02. The molecule has 0 radical (unpaired) electrons. The average Bonchev–Trinajstić information content (AvgIpc) is 2.62. The molecule has 0 spiro atoms. The van der Waals surface area contributed by atoms with E-state index in [-0.39, 0.29) is 0 Å². The summed E-state index contributed by atoms with van der Waals surface area (Å²) in [4.78, 5) is 6.49. The summed E-state index contributed by atoms with van der Waals surface area (Å²) in [5.74, 6) is 0. The van der Waals surface area contributed by atoms with E-state index in [0.717, 1.165) is 16.9 Å². The lowest BCUT2D eigenvalue weighted by Gasteiger charge is -2.22.